The van der Waals surface area contributed by atoms with Crippen LogP contribution in [0.2, 0.25) is 0 Å². The van der Waals surface area contributed by atoms with E-state index < -0.39 is 0 Å². The predicted molar refractivity (Wildman–Crippen MR) is 116 cm³/mol. The maximum Gasteiger partial charge on any atom is 0.191 e. The quantitative estimate of drug-likeness (QED) is 0.617. The number of nitrogens with one attached hydrogen (secondary N) is 2. The number of hydrogen-bond donors (Lipinski definition) is 2. The lowest BCUT2D eigenvalue weighted by atomic mass is 9.55. The first-order valence-corrected chi connectivity index (χ1v) is 11.1. The lowest BCUT2D eigenvalue weighted by Gasteiger charge is -2.60. The normalized spacial score (nSPS) is 30.3. The monoisotopic (exact) mass is 384 g/mol. The van der Waals surface area contributed by atoms with E-state index >= 15 is 0 Å². The van der Waals surface area contributed by atoms with Crippen molar-refractivity contribution in [2.75, 3.05) is 31.1 Å². The van der Waals surface area contributed by atoms with E-state index in [9.17, 15) is 0 Å². The van der Waals surface area contributed by atoms with Gasteiger partial charge in [-0.05, 0) is 44.7 Å². The molecule has 4 rings (SSSR count). The van der Waals surface area contributed by atoms with Crippen LogP contribution >= 0.6 is 0 Å². The Kier molecular flexibility index (Phi) is 5.81. The van der Waals surface area contributed by atoms with E-state index in [0.29, 0.717) is 24.1 Å². The Bertz CT molecular complexity index is 666. The van der Waals surface area contributed by atoms with E-state index in [1.54, 1.807) is 0 Å². The van der Waals surface area contributed by atoms with Gasteiger partial charge in [-0.25, -0.2) is 0 Å². The summed E-state index contributed by atoms with van der Waals surface area (Å²) in [5.41, 5.74) is 1.50. The van der Waals surface area contributed by atoms with Gasteiger partial charge in [-0.15, -0.1) is 0 Å². The van der Waals surface area contributed by atoms with Gasteiger partial charge in [-0.1, -0.05) is 32.0 Å². The van der Waals surface area contributed by atoms with Gasteiger partial charge in [-0.3, -0.25) is 4.99 Å². The summed E-state index contributed by atoms with van der Waals surface area (Å²) in [5, 5.41) is 7.51. The third-order valence-electron chi connectivity index (χ3n) is 6.90. The molecule has 28 heavy (non-hydrogen) atoms. The van der Waals surface area contributed by atoms with Crippen LogP contribution in [0.3, 0.4) is 0 Å². The molecule has 2 saturated heterocycles. The Balaban J connectivity index is 1.33. The van der Waals surface area contributed by atoms with Gasteiger partial charge in [0.05, 0.1) is 6.10 Å². The van der Waals surface area contributed by atoms with Crippen LogP contribution in [0, 0.1) is 11.3 Å². The molecule has 3 fully saturated rings. The summed E-state index contributed by atoms with van der Waals surface area (Å²) in [5.74, 6) is 1.61. The van der Waals surface area contributed by atoms with Crippen LogP contribution < -0.4 is 15.5 Å². The molecule has 154 valence electrons. The highest BCUT2D eigenvalue weighted by Gasteiger charge is 2.58. The molecule has 1 aliphatic carbocycles. The van der Waals surface area contributed by atoms with Crippen molar-refractivity contribution < 1.29 is 4.74 Å². The fraction of sp³-hybridized carbons (Fsp3) is 0.696. The second-order valence-corrected chi connectivity index (χ2v) is 9.11. The number of hydrogen-bond acceptors (Lipinski definition) is 3. The van der Waals surface area contributed by atoms with Gasteiger partial charge in [0.2, 0.25) is 0 Å². The second kappa shape index (κ2) is 8.32. The van der Waals surface area contributed by atoms with Crippen molar-refractivity contribution in [1.29, 1.82) is 0 Å². The third-order valence-corrected chi connectivity index (χ3v) is 6.90. The number of nitrogens with zero attached hydrogens (tertiary/aromatic N) is 2. The highest BCUT2D eigenvalue weighted by Crippen LogP contribution is 2.51. The molecule has 5 nitrogen and oxygen atoms in total. The number of para-hydroxylation sites is 1. The summed E-state index contributed by atoms with van der Waals surface area (Å²) in [4.78, 5) is 7.25. The Morgan fingerprint density at radius 1 is 1.14 bits per heavy atom. The van der Waals surface area contributed by atoms with Crippen LogP contribution in [0.4, 0.5) is 5.69 Å². The molecule has 2 heterocycles. The van der Waals surface area contributed by atoms with Crippen molar-refractivity contribution >= 4 is 11.6 Å². The molecule has 1 aromatic rings. The molecule has 0 amide bonds. The minimum absolute atomic E-state index is 0.165. The molecule has 0 bridgehead atoms. The zero-order valence-corrected chi connectivity index (χ0v) is 17.7. The number of anilines is 1. The number of aliphatic imine (C=N–C) groups is 1. The van der Waals surface area contributed by atoms with Gasteiger partial charge in [0.15, 0.2) is 5.96 Å². The fourth-order valence-electron chi connectivity index (χ4n) is 5.37. The number of guanidine groups is 1. The predicted octanol–water partition coefficient (Wildman–Crippen LogP) is 3.41. The highest BCUT2D eigenvalue weighted by molar-refractivity contribution is 5.80. The topological polar surface area (TPSA) is 48.9 Å². The number of rotatable bonds is 4. The van der Waals surface area contributed by atoms with Gasteiger partial charge < -0.3 is 20.3 Å². The maximum atomic E-state index is 6.06. The Morgan fingerprint density at radius 2 is 1.89 bits per heavy atom. The summed E-state index contributed by atoms with van der Waals surface area (Å²) in [6.45, 7) is 10.7. The van der Waals surface area contributed by atoms with Crippen LogP contribution in [0.1, 0.15) is 46.5 Å². The molecule has 1 saturated carbocycles. The Labute approximate surface area is 169 Å². The number of fused-ring (bicyclic) bond motifs is 1. The third kappa shape index (κ3) is 3.86. The van der Waals surface area contributed by atoms with Crippen molar-refractivity contribution in [3.63, 3.8) is 0 Å². The summed E-state index contributed by atoms with van der Waals surface area (Å²) < 4.78 is 6.06. The van der Waals surface area contributed by atoms with E-state index in [0.717, 1.165) is 45.0 Å². The largest absolute Gasteiger partial charge is 0.377 e. The van der Waals surface area contributed by atoms with Crippen molar-refractivity contribution in [3.05, 3.63) is 30.3 Å². The lowest BCUT2D eigenvalue weighted by Crippen LogP contribution is -2.71. The van der Waals surface area contributed by atoms with Gasteiger partial charge in [-0.2, -0.15) is 0 Å². The minimum atomic E-state index is 0.165. The highest BCUT2D eigenvalue weighted by atomic mass is 16.5. The average Bonchev–Trinajstić information content (AvgIpc) is 2.73. The van der Waals surface area contributed by atoms with E-state index in [4.69, 9.17) is 9.73 Å². The van der Waals surface area contributed by atoms with Crippen molar-refractivity contribution in [2.24, 2.45) is 16.3 Å². The van der Waals surface area contributed by atoms with E-state index in [-0.39, 0.29) is 5.41 Å². The molecule has 2 N–H and O–H groups in total. The second-order valence-electron chi connectivity index (χ2n) is 9.11. The van der Waals surface area contributed by atoms with E-state index in [1.165, 1.54) is 18.5 Å². The molecule has 5 heteroatoms. The van der Waals surface area contributed by atoms with Crippen LogP contribution in [-0.2, 0) is 4.74 Å². The Hall–Kier alpha value is -1.75. The van der Waals surface area contributed by atoms with Gasteiger partial charge in [0.25, 0.3) is 0 Å². The summed E-state index contributed by atoms with van der Waals surface area (Å²) >= 11 is 0. The average molecular weight is 385 g/mol. The van der Waals surface area contributed by atoms with E-state index in [1.807, 2.05) is 0 Å². The zero-order valence-electron chi connectivity index (χ0n) is 17.7. The lowest BCUT2D eigenvalue weighted by molar-refractivity contribution is -0.188. The SMILES string of the molecule is CCN=C(NC1CCN(c2ccccc2)CC1)NC1C2CCCOC2C1(C)C. The number of piperidine rings is 1. The molecule has 3 aliphatic rings. The molecular formula is C23H36N4O. The maximum absolute atomic E-state index is 6.06. The zero-order chi connectivity index (χ0) is 19.6. The summed E-state index contributed by atoms with van der Waals surface area (Å²) in [7, 11) is 0. The molecule has 0 spiro atoms. The molecular weight excluding hydrogens is 348 g/mol. The molecule has 2 aliphatic heterocycles. The Morgan fingerprint density at radius 3 is 2.61 bits per heavy atom. The molecule has 0 aromatic heterocycles. The molecule has 3 atom stereocenters. The van der Waals surface area contributed by atoms with Crippen LogP contribution in [-0.4, -0.2) is 50.4 Å². The standard InChI is InChI=1S/C23H36N4O/c1-4-24-22(26-20-19-11-8-16-28-21(19)23(20,2)3)25-17-12-14-27(15-13-17)18-9-6-5-7-10-18/h5-7,9-10,17,19-21H,4,8,11-16H2,1-3H3,(H2,24,25,26). The summed E-state index contributed by atoms with van der Waals surface area (Å²) in [6.07, 6.45) is 5.13. The number of ether oxygens (including phenoxy) is 1. The molecule has 0 radical (unpaired) electrons. The first kappa shape index (κ1) is 19.6. The van der Waals surface area contributed by atoms with E-state index in [2.05, 4.69) is 66.6 Å². The summed E-state index contributed by atoms with van der Waals surface area (Å²) in [6, 6.07) is 11.7. The van der Waals surface area contributed by atoms with Gasteiger partial charge in [0.1, 0.15) is 0 Å². The first-order chi connectivity index (χ1) is 13.6. The van der Waals surface area contributed by atoms with Crippen molar-refractivity contribution in [2.45, 2.75) is 64.6 Å². The van der Waals surface area contributed by atoms with Gasteiger partial charge in [0, 0.05) is 55.3 Å². The minimum Gasteiger partial charge on any atom is -0.377 e. The van der Waals surface area contributed by atoms with Gasteiger partial charge >= 0.3 is 0 Å². The van der Waals surface area contributed by atoms with Crippen molar-refractivity contribution in [3.8, 4) is 0 Å². The fourth-order valence-corrected chi connectivity index (χ4v) is 5.37. The van der Waals surface area contributed by atoms with Crippen LogP contribution in [0.15, 0.2) is 35.3 Å². The molecule has 1 aromatic carbocycles. The van der Waals surface area contributed by atoms with Crippen molar-refractivity contribution in [1.82, 2.24) is 10.6 Å². The van der Waals surface area contributed by atoms with Crippen LogP contribution in [0.5, 0.6) is 0 Å². The smallest absolute Gasteiger partial charge is 0.191 e. The molecule has 3 unspecified atom stereocenters. The first-order valence-electron chi connectivity index (χ1n) is 11.1. The van der Waals surface area contributed by atoms with Crippen LogP contribution in [0.25, 0.3) is 0 Å². The number of benzene rings is 1.